The van der Waals surface area contributed by atoms with Crippen LogP contribution in [0.5, 0.6) is 0 Å². The minimum absolute atomic E-state index is 0.322. The first-order valence-electron chi connectivity index (χ1n) is 6.88. The van der Waals surface area contributed by atoms with Crippen molar-refractivity contribution in [3.05, 3.63) is 34.2 Å². The van der Waals surface area contributed by atoms with Crippen LogP contribution in [0, 0.1) is 0 Å². The highest BCUT2D eigenvalue weighted by Gasteiger charge is 2.20. The van der Waals surface area contributed by atoms with Gasteiger partial charge < -0.3 is 9.64 Å². The van der Waals surface area contributed by atoms with Crippen LogP contribution >= 0.6 is 11.3 Å². The van der Waals surface area contributed by atoms with Crippen molar-refractivity contribution in [2.45, 2.75) is 25.7 Å². The number of methoxy groups -OCH3 is 1. The number of carbonyl (C=O) groups is 1. The molecule has 108 valence electrons. The molecule has 0 radical (unpaired) electrons. The van der Waals surface area contributed by atoms with E-state index in [1.54, 1.807) is 6.08 Å². The third kappa shape index (κ3) is 3.31. The quantitative estimate of drug-likeness (QED) is 0.483. The lowest BCUT2D eigenvalue weighted by molar-refractivity contribution is -0.134. The van der Waals surface area contributed by atoms with Crippen molar-refractivity contribution in [3.63, 3.8) is 0 Å². The molecule has 0 fully saturated rings. The first-order valence-corrected chi connectivity index (χ1v) is 7.69. The van der Waals surface area contributed by atoms with Gasteiger partial charge in [0.15, 0.2) is 0 Å². The van der Waals surface area contributed by atoms with Gasteiger partial charge in [-0.05, 0) is 42.9 Å². The maximum atomic E-state index is 11.0. The van der Waals surface area contributed by atoms with Gasteiger partial charge in [0, 0.05) is 25.0 Å². The number of fused-ring (bicyclic) bond motifs is 1. The monoisotopic (exact) mass is 291 g/mol. The maximum Gasteiger partial charge on any atom is 0.330 e. The maximum absolute atomic E-state index is 11.0. The summed E-state index contributed by atoms with van der Waals surface area (Å²) in [6.07, 6.45) is 12.1. The van der Waals surface area contributed by atoms with Crippen molar-refractivity contribution in [2.75, 3.05) is 26.1 Å². The first-order chi connectivity index (χ1) is 9.63. The van der Waals surface area contributed by atoms with Gasteiger partial charge in [-0.1, -0.05) is 12.2 Å². The Kier molecular flexibility index (Phi) is 5.01. The van der Waals surface area contributed by atoms with Crippen LogP contribution in [0.2, 0.25) is 0 Å². The zero-order chi connectivity index (χ0) is 14.5. The van der Waals surface area contributed by atoms with Crippen LogP contribution in [-0.4, -0.2) is 27.2 Å². The van der Waals surface area contributed by atoms with E-state index >= 15 is 0 Å². The molecule has 0 N–H and O–H groups in total. The summed E-state index contributed by atoms with van der Waals surface area (Å²) in [4.78, 5) is 14.5. The Morgan fingerprint density at radius 3 is 2.55 bits per heavy atom. The molecule has 0 bridgehead atoms. The number of anilines is 1. The highest BCUT2D eigenvalue weighted by atomic mass is 32.1. The molecule has 2 rings (SSSR count). The molecule has 3 nitrogen and oxygen atoms in total. The van der Waals surface area contributed by atoms with Crippen molar-refractivity contribution in [1.82, 2.24) is 0 Å². The van der Waals surface area contributed by atoms with Crippen LogP contribution in [0.3, 0.4) is 0 Å². The largest absolute Gasteiger partial charge is 0.466 e. The number of ether oxygens (including phenoxy) is 1. The summed E-state index contributed by atoms with van der Waals surface area (Å²) in [5.74, 6) is -0.322. The van der Waals surface area contributed by atoms with Crippen molar-refractivity contribution in [1.29, 1.82) is 0 Å². The topological polar surface area (TPSA) is 29.5 Å². The Morgan fingerprint density at radius 1 is 1.20 bits per heavy atom. The number of nitrogens with zero attached hydrogens (tertiary/aromatic N) is 1. The lowest BCUT2D eigenvalue weighted by Gasteiger charge is -2.17. The number of carbonyl (C=O) groups excluding carboxylic acids is 1. The summed E-state index contributed by atoms with van der Waals surface area (Å²) in [6, 6.07) is 0. The molecule has 0 unspecified atom stereocenters. The summed E-state index contributed by atoms with van der Waals surface area (Å²) in [7, 11) is 5.59. The predicted octanol–water partition coefficient (Wildman–Crippen LogP) is 3.44. The second-order valence-electron chi connectivity index (χ2n) is 5.07. The minimum Gasteiger partial charge on any atom is -0.466 e. The van der Waals surface area contributed by atoms with Crippen molar-refractivity contribution in [2.24, 2.45) is 0 Å². The Morgan fingerprint density at radius 2 is 1.90 bits per heavy atom. The summed E-state index contributed by atoms with van der Waals surface area (Å²) in [6.45, 7) is 0. The molecule has 0 saturated heterocycles. The number of thiophene rings is 1. The molecular weight excluding hydrogens is 270 g/mol. The normalized spacial score (nSPS) is 14.8. The third-order valence-corrected chi connectivity index (χ3v) is 4.84. The van der Waals surface area contributed by atoms with Crippen molar-refractivity contribution < 1.29 is 9.53 Å². The fraction of sp³-hybridized carbons (Fsp3) is 0.438. The lowest BCUT2D eigenvalue weighted by Crippen LogP contribution is -2.11. The van der Waals surface area contributed by atoms with Crippen LogP contribution in [0.4, 0.5) is 5.00 Å². The fourth-order valence-corrected chi connectivity index (χ4v) is 3.72. The Bertz CT molecular complexity index is 541. The van der Waals surface area contributed by atoms with Gasteiger partial charge >= 0.3 is 5.97 Å². The zero-order valence-electron chi connectivity index (χ0n) is 12.3. The van der Waals surface area contributed by atoms with Crippen molar-refractivity contribution >= 4 is 28.4 Å². The summed E-state index contributed by atoms with van der Waals surface area (Å²) in [5.41, 5.74) is 3.01. The second-order valence-corrected chi connectivity index (χ2v) is 6.10. The molecule has 1 aromatic rings. The van der Waals surface area contributed by atoms with Gasteiger partial charge in [0.1, 0.15) is 0 Å². The Balaban J connectivity index is 2.22. The van der Waals surface area contributed by atoms with E-state index in [0.717, 1.165) is 0 Å². The van der Waals surface area contributed by atoms with Crippen molar-refractivity contribution in [3.8, 4) is 0 Å². The van der Waals surface area contributed by atoms with Crippen LogP contribution in [0.1, 0.15) is 28.8 Å². The SMILES string of the molecule is COC(=O)/C=C\C=C\c1sc(N(C)C)c2c1CCCC2. The van der Waals surface area contributed by atoms with Gasteiger partial charge in [-0.25, -0.2) is 4.79 Å². The molecule has 20 heavy (non-hydrogen) atoms. The average molecular weight is 291 g/mol. The summed E-state index contributed by atoms with van der Waals surface area (Å²) in [5, 5.41) is 1.37. The molecule has 0 saturated carbocycles. The van der Waals surface area contributed by atoms with Gasteiger partial charge in [-0.2, -0.15) is 0 Å². The summed E-state index contributed by atoms with van der Waals surface area (Å²) >= 11 is 1.84. The molecule has 0 spiro atoms. The molecule has 0 atom stereocenters. The first kappa shape index (κ1) is 14.9. The van der Waals surface area contributed by atoms with Gasteiger partial charge in [0.2, 0.25) is 0 Å². The molecule has 0 amide bonds. The van der Waals surface area contributed by atoms with E-state index in [-0.39, 0.29) is 5.97 Å². The number of hydrogen-bond donors (Lipinski definition) is 0. The summed E-state index contributed by atoms with van der Waals surface area (Å²) < 4.78 is 4.56. The van der Waals surface area contributed by atoms with Crippen LogP contribution < -0.4 is 4.90 Å². The van der Waals surface area contributed by atoms with E-state index < -0.39 is 0 Å². The molecular formula is C16H21NO2S. The van der Waals surface area contributed by atoms with E-state index in [4.69, 9.17) is 0 Å². The standard InChI is InChI=1S/C16H21NO2S/c1-17(2)16-13-9-5-4-8-12(13)14(20-16)10-6-7-11-15(18)19-3/h6-7,10-11H,4-5,8-9H2,1-3H3/b10-6+,11-7-. The minimum atomic E-state index is -0.322. The van der Waals surface area contributed by atoms with Gasteiger partial charge in [0.05, 0.1) is 12.1 Å². The van der Waals surface area contributed by atoms with E-state index in [1.807, 2.05) is 17.4 Å². The average Bonchev–Trinajstić information content (AvgIpc) is 2.82. The highest BCUT2D eigenvalue weighted by molar-refractivity contribution is 7.17. The fourth-order valence-electron chi connectivity index (χ4n) is 2.48. The van der Waals surface area contributed by atoms with Crippen LogP contribution in [-0.2, 0) is 22.4 Å². The molecule has 1 heterocycles. The smallest absolute Gasteiger partial charge is 0.330 e. The van der Waals surface area contributed by atoms with E-state index in [1.165, 1.54) is 59.9 Å². The number of allylic oxidation sites excluding steroid dienone is 2. The Hall–Kier alpha value is -1.55. The molecule has 0 aromatic carbocycles. The van der Waals surface area contributed by atoms with E-state index in [0.29, 0.717) is 0 Å². The molecule has 1 aliphatic carbocycles. The number of hydrogen-bond acceptors (Lipinski definition) is 4. The van der Waals surface area contributed by atoms with Crippen LogP contribution in [0.15, 0.2) is 18.2 Å². The van der Waals surface area contributed by atoms with E-state index in [2.05, 4.69) is 29.8 Å². The van der Waals surface area contributed by atoms with E-state index in [9.17, 15) is 4.79 Å². The van der Waals surface area contributed by atoms with Gasteiger partial charge in [-0.3, -0.25) is 0 Å². The number of esters is 1. The highest BCUT2D eigenvalue weighted by Crippen LogP contribution is 2.40. The van der Waals surface area contributed by atoms with Gasteiger partial charge in [0.25, 0.3) is 0 Å². The molecule has 1 aromatic heterocycles. The molecule has 0 aliphatic heterocycles. The number of rotatable bonds is 4. The lowest BCUT2D eigenvalue weighted by atomic mass is 9.93. The molecule has 1 aliphatic rings. The third-order valence-electron chi connectivity index (χ3n) is 3.43. The molecule has 4 heteroatoms. The second kappa shape index (κ2) is 6.75. The Labute approximate surface area is 124 Å². The van der Waals surface area contributed by atoms with Gasteiger partial charge in [-0.15, -0.1) is 11.3 Å². The predicted molar refractivity (Wildman–Crippen MR) is 85.5 cm³/mol. The van der Waals surface area contributed by atoms with Crippen LogP contribution in [0.25, 0.3) is 6.08 Å². The zero-order valence-corrected chi connectivity index (χ0v) is 13.1.